The quantitative estimate of drug-likeness (QED) is 0.903. The van der Waals surface area contributed by atoms with Crippen LogP contribution in [0.2, 0.25) is 0 Å². The molecule has 5 nitrogen and oxygen atoms in total. The van der Waals surface area contributed by atoms with E-state index in [0.29, 0.717) is 16.8 Å². The van der Waals surface area contributed by atoms with Crippen LogP contribution >= 0.6 is 0 Å². The van der Waals surface area contributed by atoms with Gasteiger partial charge in [0.2, 0.25) is 0 Å². The molecule has 1 aromatic carbocycles. The number of carbonyl (C=O) groups excluding carboxylic acids is 1. The van der Waals surface area contributed by atoms with Gasteiger partial charge in [-0.15, -0.1) is 0 Å². The zero-order valence-corrected chi connectivity index (χ0v) is 11.8. The van der Waals surface area contributed by atoms with E-state index in [1.165, 1.54) is 12.3 Å². The Labute approximate surface area is 122 Å². The Morgan fingerprint density at radius 3 is 2.95 bits per heavy atom. The molecule has 6 heteroatoms. The molecule has 110 valence electrons. The van der Waals surface area contributed by atoms with Crippen LogP contribution in [0.25, 0.3) is 11.3 Å². The Hall–Kier alpha value is -2.21. The number of amides is 1. The number of carbonyl (C=O) groups is 1. The number of nitrogens with one attached hydrogen (secondary N) is 2. The highest BCUT2D eigenvalue weighted by atomic mass is 19.1. The molecule has 1 amide bonds. The molecule has 2 heterocycles. The first kappa shape index (κ1) is 13.8. The van der Waals surface area contributed by atoms with Gasteiger partial charge < -0.3 is 10.2 Å². The van der Waals surface area contributed by atoms with Crippen molar-refractivity contribution >= 4 is 5.91 Å². The molecule has 3 rings (SSSR count). The molecule has 1 aliphatic rings. The van der Waals surface area contributed by atoms with Crippen molar-refractivity contribution in [1.29, 1.82) is 0 Å². The van der Waals surface area contributed by atoms with E-state index >= 15 is 0 Å². The third-order valence-electron chi connectivity index (χ3n) is 3.92. The molecule has 1 atom stereocenters. The molecule has 1 aromatic heterocycles. The topological polar surface area (TPSA) is 61.0 Å². The van der Waals surface area contributed by atoms with E-state index in [1.54, 1.807) is 30.1 Å². The van der Waals surface area contributed by atoms with E-state index in [1.807, 2.05) is 0 Å². The van der Waals surface area contributed by atoms with Crippen LogP contribution < -0.4 is 5.32 Å². The summed E-state index contributed by atoms with van der Waals surface area (Å²) in [4.78, 5) is 14.3. The van der Waals surface area contributed by atoms with Crippen molar-refractivity contribution in [1.82, 2.24) is 20.4 Å². The van der Waals surface area contributed by atoms with Gasteiger partial charge in [-0.05, 0) is 25.1 Å². The van der Waals surface area contributed by atoms with Crippen molar-refractivity contribution < 1.29 is 9.18 Å². The summed E-state index contributed by atoms with van der Waals surface area (Å²) in [6.45, 7) is 1.70. The molecular formula is C15H17FN4O. The standard InChI is InChI=1S/C15H17FN4O/c1-20(10-6-7-17-8-10)15(21)12-9-18-19-14(12)11-4-2-3-5-13(11)16/h2-5,9-10,17H,6-8H2,1H3,(H,18,19)/t10-/m1/s1. The summed E-state index contributed by atoms with van der Waals surface area (Å²) in [6, 6.07) is 6.53. The number of nitrogens with zero attached hydrogens (tertiary/aromatic N) is 2. The van der Waals surface area contributed by atoms with Crippen LogP contribution in [-0.2, 0) is 0 Å². The summed E-state index contributed by atoms with van der Waals surface area (Å²) < 4.78 is 13.9. The van der Waals surface area contributed by atoms with Crippen LogP contribution in [0.4, 0.5) is 4.39 Å². The fourth-order valence-corrected chi connectivity index (χ4v) is 2.64. The molecule has 1 fully saturated rings. The second-order valence-corrected chi connectivity index (χ2v) is 5.20. The first-order valence-corrected chi connectivity index (χ1v) is 6.94. The van der Waals surface area contributed by atoms with Crippen molar-refractivity contribution in [3.05, 3.63) is 41.8 Å². The maximum absolute atomic E-state index is 13.9. The molecular weight excluding hydrogens is 271 g/mol. The lowest BCUT2D eigenvalue weighted by Crippen LogP contribution is -2.38. The first-order chi connectivity index (χ1) is 10.2. The van der Waals surface area contributed by atoms with Crippen molar-refractivity contribution in [2.75, 3.05) is 20.1 Å². The van der Waals surface area contributed by atoms with E-state index in [4.69, 9.17) is 0 Å². The molecule has 0 aliphatic carbocycles. The van der Waals surface area contributed by atoms with E-state index in [2.05, 4.69) is 15.5 Å². The molecule has 0 radical (unpaired) electrons. The fourth-order valence-electron chi connectivity index (χ4n) is 2.64. The third-order valence-corrected chi connectivity index (χ3v) is 3.92. The van der Waals surface area contributed by atoms with Gasteiger partial charge in [-0.25, -0.2) is 4.39 Å². The largest absolute Gasteiger partial charge is 0.337 e. The van der Waals surface area contributed by atoms with Gasteiger partial charge >= 0.3 is 0 Å². The lowest BCUT2D eigenvalue weighted by atomic mass is 10.1. The predicted octanol–water partition coefficient (Wildman–Crippen LogP) is 1.65. The van der Waals surface area contributed by atoms with Gasteiger partial charge in [-0.3, -0.25) is 9.89 Å². The lowest BCUT2D eigenvalue weighted by molar-refractivity contribution is 0.0744. The van der Waals surface area contributed by atoms with Crippen LogP contribution in [0, 0.1) is 5.82 Å². The highest BCUT2D eigenvalue weighted by Crippen LogP contribution is 2.25. The van der Waals surface area contributed by atoms with Crippen LogP contribution in [0.3, 0.4) is 0 Å². The number of aromatic amines is 1. The third kappa shape index (κ3) is 2.54. The van der Waals surface area contributed by atoms with Crippen molar-refractivity contribution in [2.45, 2.75) is 12.5 Å². The highest BCUT2D eigenvalue weighted by Gasteiger charge is 2.27. The molecule has 1 saturated heterocycles. The van der Waals surface area contributed by atoms with Gasteiger partial charge in [0, 0.05) is 25.2 Å². The Balaban J connectivity index is 1.92. The Morgan fingerprint density at radius 2 is 2.24 bits per heavy atom. The molecule has 0 saturated carbocycles. The number of hydrogen-bond donors (Lipinski definition) is 2. The molecule has 2 N–H and O–H groups in total. The average Bonchev–Trinajstić information content (AvgIpc) is 3.17. The number of likely N-dealkylation sites (N-methyl/N-ethyl adjacent to an activating group) is 1. The van der Waals surface area contributed by atoms with Crippen molar-refractivity contribution in [3.8, 4) is 11.3 Å². The minimum absolute atomic E-state index is 0.143. The Morgan fingerprint density at radius 1 is 1.43 bits per heavy atom. The minimum atomic E-state index is -0.374. The summed E-state index contributed by atoms with van der Waals surface area (Å²) in [6.07, 6.45) is 2.39. The molecule has 21 heavy (non-hydrogen) atoms. The van der Waals surface area contributed by atoms with Crippen molar-refractivity contribution in [3.63, 3.8) is 0 Å². The summed E-state index contributed by atoms with van der Waals surface area (Å²) >= 11 is 0. The summed E-state index contributed by atoms with van der Waals surface area (Å²) in [7, 11) is 1.78. The molecule has 2 aromatic rings. The first-order valence-electron chi connectivity index (χ1n) is 6.94. The highest BCUT2D eigenvalue weighted by molar-refractivity contribution is 5.99. The lowest BCUT2D eigenvalue weighted by Gasteiger charge is -2.23. The normalized spacial score (nSPS) is 17.9. The number of halogens is 1. The van der Waals surface area contributed by atoms with Crippen LogP contribution in [-0.4, -0.2) is 47.2 Å². The summed E-state index contributed by atoms with van der Waals surface area (Å²) in [5, 5.41) is 9.88. The zero-order valence-electron chi connectivity index (χ0n) is 11.8. The summed E-state index contributed by atoms with van der Waals surface area (Å²) in [5.41, 5.74) is 1.18. The van der Waals surface area contributed by atoms with Crippen LogP contribution in [0.15, 0.2) is 30.5 Å². The Kier molecular flexibility index (Phi) is 3.70. The van der Waals surface area contributed by atoms with Crippen LogP contribution in [0.1, 0.15) is 16.8 Å². The fraction of sp³-hybridized carbons (Fsp3) is 0.333. The predicted molar refractivity (Wildman–Crippen MR) is 77.3 cm³/mol. The SMILES string of the molecule is CN(C(=O)c1cn[nH]c1-c1ccccc1F)[C@@H]1CCNC1. The van der Waals surface area contributed by atoms with E-state index in [9.17, 15) is 9.18 Å². The molecule has 0 bridgehead atoms. The van der Waals surface area contributed by atoms with E-state index in [-0.39, 0.29) is 17.8 Å². The number of hydrogen-bond acceptors (Lipinski definition) is 3. The smallest absolute Gasteiger partial charge is 0.257 e. The molecule has 1 aliphatic heterocycles. The maximum atomic E-state index is 13.9. The minimum Gasteiger partial charge on any atom is -0.337 e. The van der Waals surface area contributed by atoms with Crippen molar-refractivity contribution in [2.24, 2.45) is 0 Å². The van der Waals surface area contributed by atoms with Gasteiger partial charge in [0.25, 0.3) is 5.91 Å². The van der Waals surface area contributed by atoms with Gasteiger partial charge in [0.15, 0.2) is 0 Å². The molecule has 0 spiro atoms. The number of H-pyrrole nitrogens is 1. The van der Waals surface area contributed by atoms with E-state index < -0.39 is 0 Å². The maximum Gasteiger partial charge on any atom is 0.257 e. The van der Waals surface area contributed by atoms with Gasteiger partial charge in [-0.1, -0.05) is 12.1 Å². The zero-order chi connectivity index (χ0) is 14.8. The van der Waals surface area contributed by atoms with E-state index in [0.717, 1.165) is 19.5 Å². The van der Waals surface area contributed by atoms with Crippen LogP contribution in [0.5, 0.6) is 0 Å². The Bertz CT molecular complexity index is 649. The average molecular weight is 288 g/mol. The number of rotatable bonds is 3. The van der Waals surface area contributed by atoms with Gasteiger partial charge in [-0.2, -0.15) is 5.10 Å². The monoisotopic (exact) mass is 288 g/mol. The van der Waals surface area contributed by atoms with Gasteiger partial charge in [0.1, 0.15) is 5.82 Å². The molecule has 0 unspecified atom stereocenters. The summed E-state index contributed by atoms with van der Waals surface area (Å²) in [5.74, 6) is -0.517. The number of aromatic nitrogens is 2. The second-order valence-electron chi connectivity index (χ2n) is 5.20. The van der Waals surface area contributed by atoms with Gasteiger partial charge in [0.05, 0.1) is 17.5 Å². The second kappa shape index (κ2) is 5.65. The number of benzene rings is 1.